The summed E-state index contributed by atoms with van der Waals surface area (Å²) in [5.74, 6) is -0.539. The standard InChI is InChI=1S/C17H14FNO4S/c18-13-3-1-11(2-4-13)10-19-14-5-6-16-12(7-14)8-15(9-17(16)20)24(21,22)23/h1-9,19-20H,10H2,(H,21,22,23). The van der Waals surface area contributed by atoms with Gasteiger partial charge in [-0.1, -0.05) is 12.1 Å². The lowest BCUT2D eigenvalue weighted by atomic mass is 10.1. The van der Waals surface area contributed by atoms with E-state index in [-0.39, 0.29) is 16.5 Å². The van der Waals surface area contributed by atoms with Gasteiger partial charge < -0.3 is 10.4 Å². The molecule has 0 unspecified atom stereocenters. The minimum atomic E-state index is -4.40. The molecule has 7 heteroatoms. The van der Waals surface area contributed by atoms with Crippen LogP contribution in [0, 0.1) is 5.82 Å². The Labute approximate surface area is 138 Å². The van der Waals surface area contributed by atoms with Crippen LogP contribution in [0.3, 0.4) is 0 Å². The van der Waals surface area contributed by atoms with Gasteiger partial charge >= 0.3 is 0 Å². The summed E-state index contributed by atoms with van der Waals surface area (Å²) in [6.45, 7) is 0.454. The third-order valence-electron chi connectivity index (χ3n) is 3.61. The zero-order valence-electron chi connectivity index (χ0n) is 12.4. The van der Waals surface area contributed by atoms with Crippen molar-refractivity contribution in [3.63, 3.8) is 0 Å². The van der Waals surface area contributed by atoms with Crippen LogP contribution < -0.4 is 5.32 Å². The van der Waals surface area contributed by atoms with E-state index in [0.717, 1.165) is 11.6 Å². The highest BCUT2D eigenvalue weighted by molar-refractivity contribution is 7.85. The van der Waals surface area contributed by atoms with Crippen molar-refractivity contribution in [2.75, 3.05) is 5.32 Å². The van der Waals surface area contributed by atoms with Gasteiger partial charge in [0.05, 0.1) is 4.90 Å². The van der Waals surface area contributed by atoms with Crippen molar-refractivity contribution in [3.05, 3.63) is 66.0 Å². The smallest absolute Gasteiger partial charge is 0.294 e. The van der Waals surface area contributed by atoms with E-state index < -0.39 is 10.1 Å². The fourth-order valence-electron chi connectivity index (χ4n) is 2.39. The molecule has 0 aliphatic rings. The zero-order valence-corrected chi connectivity index (χ0v) is 13.2. The highest BCUT2D eigenvalue weighted by Gasteiger charge is 2.13. The Bertz CT molecular complexity index is 1000. The van der Waals surface area contributed by atoms with Crippen molar-refractivity contribution in [2.45, 2.75) is 11.4 Å². The third kappa shape index (κ3) is 3.47. The zero-order chi connectivity index (χ0) is 17.3. The van der Waals surface area contributed by atoms with Gasteiger partial charge in [-0.25, -0.2) is 4.39 Å². The largest absolute Gasteiger partial charge is 0.507 e. The molecular weight excluding hydrogens is 333 g/mol. The molecule has 24 heavy (non-hydrogen) atoms. The average molecular weight is 347 g/mol. The number of aromatic hydroxyl groups is 1. The molecule has 124 valence electrons. The minimum absolute atomic E-state index is 0.231. The number of anilines is 1. The Balaban J connectivity index is 1.91. The summed E-state index contributed by atoms with van der Waals surface area (Å²) in [5, 5.41) is 14.0. The van der Waals surface area contributed by atoms with E-state index in [1.54, 1.807) is 30.3 Å². The van der Waals surface area contributed by atoms with E-state index in [2.05, 4.69) is 5.32 Å². The highest BCUT2D eigenvalue weighted by atomic mass is 32.2. The average Bonchev–Trinajstić information content (AvgIpc) is 2.53. The first-order valence-electron chi connectivity index (χ1n) is 7.05. The monoisotopic (exact) mass is 347 g/mol. The van der Waals surface area contributed by atoms with E-state index in [0.29, 0.717) is 23.0 Å². The van der Waals surface area contributed by atoms with Gasteiger partial charge in [0.15, 0.2) is 0 Å². The molecule has 0 radical (unpaired) electrons. The normalized spacial score (nSPS) is 11.6. The minimum Gasteiger partial charge on any atom is -0.507 e. The lowest BCUT2D eigenvalue weighted by molar-refractivity contribution is 0.471. The number of phenols is 1. The number of hydrogen-bond acceptors (Lipinski definition) is 4. The molecule has 0 aliphatic carbocycles. The van der Waals surface area contributed by atoms with Crippen molar-refractivity contribution in [1.29, 1.82) is 0 Å². The molecule has 0 amide bonds. The van der Waals surface area contributed by atoms with E-state index >= 15 is 0 Å². The molecule has 0 aromatic heterocycles. The lowest BCUT2D eigenvalue weighted by Crippen LogP contribution is -2.00. The van der Waals surface area contributed by atoms with Crippen LogP contribution in [0.25, 0.3) is 10.8 Å². The van der Waals surface area contributed by atoms with E-state index in [4.69, 9.17) is 4.55 Å². The van der Waals surface area contributed by atoms with Crippen LogP contribution in [0.1, 0.15) is 5.56 Å². The van der Waals surface area contributed by atoms with Gasteiger partial charge in [-0.2, -0.15) is 8.42 Å². The van der Waals surface area contributed by atoms with Gasteiger partial charge in [0.25, 0.3) is 10.1 Å². The Hall–Kier alpha value is -2.64. The van der Waals surface area contributed by atoms with Crippen molar-refractivity contribution >= 4 is 26.6 Å². The molecule has 0 bridgehead atoms. The molecule has 3 aromatic rings. The van der Waals surface area contributed by atoms with Crippen LogP contribution in [-0.2, 0) is 16.7 Å². The second-order valence-corrected chi connectivity index (χ2v) is 6.75. The molecule has 0 aliphatic heterocycles. The van der Waals surface area contributed by atoms with Gasteiger partial charge in [-0.3, -0.25) is 4.55 Å². The van der Waals surface area contributed by atoms with Gasteiger partial charge in [-0.15, -0.1) is 0 Å². The summed E-state index contributed by atoms with van der Waals surface area (Å²) in [6.07, 6.45) is 0. The van der Waals surface area contributed by atoms with Gasteiger partial charge in [0.2, 0.25) is 0 Å². The van der Waals surface area contributed by atoms with Crippen molar-refractivity contribution in [3.8, 4) is 5.75 Å². The third-order valence-corrected chi connectivity index (χ3v) is 4.44. The topological polar surface area (TPSA) is 86.6 Å². The van der Waals surface area contributed by atoms with Crippen LogP contribution in [0.4, 0.5) is 10.1 Å². The summed E-state index contributed by atoms with van der Waals surface area (Å²) < 4.78 is 44.5. The number of halogens is 1. The quantitative estimate of drug-likeness (QED) is 0.629. The number of benzene rings is 3. The Morgan fingerprint density at radius 3 is 2.38 bits per heavy atom. The van der Waals surface area contributed by atoms with Crippen LogP contribution in [0.2, 0.25) is 0 Å². The first kappa shape index (κ1) is 16.2. The maximum atomic E-state index is 12.9. The van der Waals surface area contributed by atoms with E-state index in [1.807, 2.05) is 0 Å². The van der Waals surface area contributed by atoms with Crippen molar-refractivity contribution < 1.29 is 22.5 Å². The van der Waals surface area contributed by atoms with Crippen LogP contribution in [0.5, 0.6) is 5.75 Å². The maximum Gasteiger partial charge on any atom is 0.294 e. The number of phenolic OH excluding ortho intramolecular Hbond substituents is 1. The number of fused-ring (bicyclic) bond motifs is 1. The Kier molecular flexibility index (Phi) is 4.13. The van der Waals surface area contributed by atoms with Crippen molar-refractivity contribution in [1.82, 2.24) is 0 Å². The molecule has 3 aromatic carbocycles. The SMILES string of the molecule is O=S(=O)(O)c1cc(O)c2ccc(NCc3ccc(F)cc3)cc2c1. The molecule has 3 N–H and O–H groups in total. The van der Waals surface area contributed by atoms with Gasteiger partial charge in [0.1, 0.15) is 11.6 Å². The number of rotatable bonds is 4. The summed E-state index contributed by atoms with van der Waals surface area (Å²) in [4.78, 5) is -0.372. The second-order valence-electron chi connectivity index (χ2n) is 5.33. The lowest BCUT2D eigenvalue weighted by Gasteiger charge is -2.09. The maximum absolute atomic E-state index is 12.9. The summed E-state index contributed by atoms with van der Waals surface area (Å²) in [5.41, 5.74) is 1.57. The molecule has 0 saturated heterocycles. The van der Waals surface area contributed by atoms with Crippen LogP contribution in [0.15, 0.2) is 59.5 Å². The predicted octanol–water partition coefficient (Wildman–Crippen LogP) is 3.54. The highest BCUT2D eigenvalue weighted by Crippen LogP contribution is 2.30. The molecule has 0 heterocycles. The van der Waals surface area contributed by atoms with Crippen LogP contribution >= 0.6 is 0 Å². The van der Waals surface area contributed by atoms with E-state index in [9.17, 15) is 17.9 Å². The second kappa shape index (κ2) is 6.10. The molecule has 0 spiro atoms. The fourth-order valence-corrected chi connectivity index (χ4v) is 2.92. The van der Waals surface area contributed by atoms with Gasteiger partial charge in [-0.05, 0) is 47.3 Å². The summed E-state index contributed by atoms with van der Waals surface area (Å²) >= 11 is 0. The fraction of sp³-hybridized carbons (Fsp3) is 0.0588. The van der Waals surface area contributed by atoms with Crippen LogP contribution in [-0.4, -0.2) is 18.1 Å². The Morgan fingerprint density at radius 2 is 1.71 bits per heavy atom. The molecule has 0 fully saturated rings. The summed E-state index contributed by atoms with van der Waals surface area (Å²) in [7, 11) is -4.40. The molecule has 0 atom stereocenters. The Morgan fingerprint density at radius 1 is 1.00 bits per heavy atom. The summed E-state index contributed by atoms with van der Waals surface area (Å²) in [6, 6.07) is 13.4. The van der Waals surface area contributed by atoms with Crippen molar-refractivity contribution in [2.24, 2.45) is 0 Å². The molecule has 0 saturated carbocycles. The molecule has 5 nitrogen and oxygen atoms in total. The molecular formula is C17H14FNO4S. The number of hydrogen-bond donors (Lipinski definition) is 3. The first-order valence-corrected chi connectivity index (χ1v) is 8.49. The first-order chi connectivity index (χ1) is 11.3. The molecule has 3 rings (SSSR count). The number of nitrogens with one attached hydrogen (secondary N) is 1. The predicted molar refractivity (Wildman–Crippen MR) is 89.2 cm³/mol. The van der Waals surface area contributed by atoms with Gasteiger partial charge in [0, 0.05) is 23.7 Å². The van der Waals surface area contributed by atoms with E-state index in [1.165, 1.54) is 18.2 Å².